The summed E-state index contributed by atoms with van der Waals surface area (Å²) >= 11 is 0. The minimum Gasteiger partial charge on any atom is -0.496 e. The van der Waals surface area contributed by atoms with Crippen LogP contribution in [-0.4, -0.2) is 19.2 Å². The standard InChI is InChI=1S/C18H27NO/c1-13-6-5-7-15(10-13)19-16-11-14(12-16)17-8-3-4-9-18(17)20-2/h3-4,8-9,13-16,19H,5-7,10-12H2,1-2H3. The molecule has 0 saturated heterocycles. The van der Waals surface area contributed by atoms with Crippen molar-refractivity contribution in [2.75, 3.05) is 7.11 Å². The van der Waals surface area contributed by atoms with E-state index in [0.717, 1.165) is 23.8 Å². The van der Waals surface area contributed by atoms with Gasteiger partial charge < -0.3 is 10.1 Å². The van der Waals surface area contributed by atoms with Crippen molar-refractivity contribution in [3.63, 3.8) is 0 Å². The summed E-state index contributed by atoms with van der Waals surface area (Å²) in [4.78, 5) is 0. The van der Waals surface area contributed by atoms with Crippen LogP contribution in [0.2, 0.25) is 0 Å². The first-order valence-electron chi connectivity index (χ1n) is 8.15. The fraction of sp³-hybridized carbons (Fsp3) is 0.667. The lowest BCUT2D eigenvalue weighted by Crippen LogP contribution is -2.47. The Morgan fingerprint density at radius 3 is 2.60 bits per heavy atom. The Morgan fingerprint density at radius 1 is 1.05 bits per heavy atom. The molecule has 2 aliphatic carbocycles. The van der Waals surface area contributed by atoms with E-state index < -0.39 is 0 Å². The van der Waals surface area contributed by atoms with Crippen molar-refractivity contribution < 1.29 is 4.74 Å². The van der Waals surface area contributed by atoms with Crippen LogP contribution in [0.4, 0.5) is 0 Å². The highest BCUT2D eigenvalue weighted by Crippen LogP contribution is 2.41. The number of nitrogens with one attached hydrogen (secondary N) is 1. The Hall–Kier alpha value is -1.02. The molecule has 2 nitrogen and oxygen atoms in total. The zero-order valence-corrected chi connectivity index (χ0v) is 12.8. The molecule has 1 N–H and O–H groups in total. The molecular weight excluding hydrogens is 246 g/mol. The average Bonchev–Trinajstić information content (AvgIpc) is 2.42. The van der Waals surface area contributed by atoms with Gasteiger partial charge in [0.05, 0.1) is 7.11 Å². The molecule has 0 spiro atoms. The Morgan fingerprint density at radius 2 is 1.85 bits per heavy atom. The molecule has 2 unspecified atom stereocenters. The highest BCUT2D eigenvalue weighted by molar-refractivity contribution is 5.37. The van der Waals surface area contributed by atoms with Gasteiger partial charge >= 0.3 is 0 Å². The molecule has 0 radical (unpaired) electrons. The Balaban J connectivity index is 1.51. The van der Waals surface area contributed by atoms with Crippen LogP contribution in [0, 0.1) is 5.92 Å². The van der Waals surface area contributed by atoms with E-state index >= 15 is 0 Å². The zero-order chi connectivity index (χ0) is 13.9. The van der Waals surface area contributed by atoms with Crippen LogP contribution in [0.1, 0.15) is 56.9 Å². The minimum atomic E-state index is 0.685. The number of methoxy groups -OCH3 is 1. The van der Waals surface area contributed by atoms with Crippen LogP contribution in [0.25, 0.3) is 0 Å². The third-order valence-corrected chi connectivity index (χ3v) is 5.12. The van der Waals surface area contributed by atoms with Crippen LogP contribution in [0.15, 0.2) is 24.3 Å². The number of ether oxygens (including phenoxy) is 1. The smallest absolute Gasteiger partial charge is 0.122 e. The number of benzene rings is 1. The maximum atomic E-state index is 5.48. The van der Waals surface area contributed by atoms with Crippen LogP contribution >= 0.6 is 0 Å². The van der Waals surface area contributed by atoms with Crippen molar-refractivity contribution in [3.8, 4) is 5.75 Å². The van der Waals surface area contributed by atoms with Gasteiger partial charge in [-0.25, -0.2) is 0 Å². The van der Waals surface area contributed by atoms with Crippen LogP contribution in [-0.2, 0) is 0 Å². The van der Waals surface area contributed by atoms with E-state index in [1.165, 1.54) is 44.1 Å². The Labute approximate surface area is 122 Å². The minimum absolute atomic E-state index is 0.685. The summed E-state index contributed by atoms with van der Waals surface area (Å²) < 4.78 is 5.48. The first kappa shape index (κ1) is 13.9. The second-order valence-corrected chi connectivity index (χ2v) is 6.74. The maximum absolute atomic E-state index is 5.48. The fourth-order valence-corrected chi connectivity index (χ4v) is 3.93. The monoisotopic (exact) mass is 273 g/mol. The molecule has 0 aromatic heterocycles. The fourth-order valence-electron chi connectivity index (χ4n) is 3.93. The molecule has 1 aromatic rings. The molecule has 3 rings (SSSR count). The SMILES string of the molecule is COc1ccccc1C1CC(NC2CCCC(C)C2)C1. The topological polar surface area (TPSA) is 21.3 Å². The number of rotatable bonds is 4. The molecule has 2 heteroatoms. The van der Waals surface area contributed by atoms with Crippen LogP contribution < -0.4 is 10.1 Å². The maximum Gasteiger partial charge on any atom is 0.122 e. The lowest BCUT2D eigenvalue weighted by Gasteiger charge is -2.40. The molecule has 2 fully saturated rings. The van der Waals surface area contributed by atoms with Gasteiger partial charge in [0.25, 0.3) is 0 Å². The van der Waals surface area contributed by atoms with Gasteiger partial charge in [0.2, 0.25) is 0 Å². The first-order chi connectivity index (χ1) is 9.76. The van der Waals surface area contributed by atoms with E-state index in [-0.39, 0.29) is 0 Å². The molecule has 20 heavy (non-hydrogen) atoms. The van der Waals surface area contributed by atoms with E-state index in [2.05, 4.69) is 36.5 Å². The largest absolute Gasteiger partial charge is 0.496 e. The summed E-state index contributed by atoms with van der Waals surface area (Å²) in [5.41, 5.74) is 1.39. The van der Waals surface area contributed by atoms with E-state index in [4.69, 9.17) is 4.74 Å². The Kier molecular flexibility index (Phi) is 4.30. The van der Waals surface area contributed by atoms with E-state index in [1.807, 2.05) is 0 Å². The molecule has 0 amide bonds. The predicted octanol–water partition coefficient (Wildman–Crippen LogP) is 4.11. The van der Waals surface area contributed by atoms with Gasteiger partial charge in [0.15, 0.2) is 0 Å². The summed E-state index contributed by atoms with van der Waals surface area (Å²) in [6.45, 7) is 2.40. The van der Waals surface area contributed by atoms with Crippen LogP contribution in [0.3, 0.4) is 0 Å². The van der Waals surface area contributed by atoms with E-state index in [0.29, 0.717) is 5.92 Å². The van der Waals surface area contributed by atoms with E-state index in [1.54, 1.807) is 7.11 Å². The first-order valence-corrected chi connectivity index (χ1v) is 8.15. The normalized spacial score (nSPS) is 33.5. The number of hydrogen-bond acceptors (Lipinski definition) is 2. The highest BCUT2D eigenvalue weighted by atomic mass is 16.5. The zero-order valence-electron chi connectivity index (χ0n) is 12.8. The van der Waals surface area contributed by atoms with Gasteiger partial charge in [-0.1, -0.05) is 38.0 Å². The number of hydrogen-bond donors (Lipinski definition) is 1. The molecule has 1 aromatic carbocycles. The van der Waals surface area contributed by atoms with Crippen molar-refractivity contribution in [2.45, 2.75) is 63.5 Å². The van der Waals surface area contributed by atoms with Crippen molar-refractivity contribution >= 4 is 0 Å². The van der Waals surface area contributed by atoms with Gasteiger partial charge in [0, 0.05) is 12.1 Å². The highest BCUT2D eigenvalue weighted by Gasteiger charge is 2.33. The molecule has 2 atom stereocenters. The van der Waals surface area contributed by atoms with E-state index in [9.17, 15) is 0 Å². The van der Waals surface area contributed by atoms with Gasteiger partial charge in [-0.3, -0.25) is 0 Å². The van der Waals surface area contributed by atoms with Crippen molar-refractivity contribution in [3.05, 3.63) is 29.8 Å². The molecule has 2 saturated carbocycles. The van der Waals surface area contributed by atoms with Gasteiger partial charge in [-0.15, -0.1) is 0 Å². The second-order valence-electron chi connectivity index (χ2n) is 6.74. The summed E-state index contributed by atoms with van der Waals surface area (Å²) in [6.07, 6.45) is 8.11. The third kappa shape index (κ3) is 3.01. The molecule has 2 aliphatic rings. The lowest BCUT2D eigenvalue weighted by molar-refractivity contribution is 0.215. The number of para-hydroxylation sites is 1. The summed E-state index contributed by atoms with van der Waals surface area (Å²) in [7, 11) is 1.77. The van der Waals surface area contributed by atoms with Gasteiger partial charge in [0.1, 0.15) is 5.75 Å². The molecule has 0 heterocycles. The second kappa shape index (κ2) is 6.17. The molecular formula is C18H27NO. The van der Waals surface area contributed by atoms with Crippen molar-refractivity contribution in [2.24, 2.45) is 5.92 Å². The Bertz CT molecular complexity index is 439. The quantitative estimate of drug-likeness (QED) is 0.891. The van der Waals surface area contributed by atoms with Crippen molar-refractivity contribution in [1.82, 2.24) is 5.32 Å². The average molecular weight is 273 g/mol. The van der Waals surface area contributed by atoms with Gasteiger partial charge in [-0.05, 0) is 49.1 Å². The molecule has 0 bridgehead atoms. The predicted molar refractivity (Wildman–Crippen MR) is 83.3 cm³/mol. The summed E-state index contributed by atoms with van der Waals surface area (Å²) in [5.74, 6) is 2.65. The summed E-state index contributed by atoms with van der Waals surface area (Å²) in [6, 6.07) is 9.98. The van der Waals surface area contributed by atoms with Crippen molar-refractivity contribution in [1.29, 1.82) is 0 Å². The summed E-state index contributed by atoms with van der Waals surface area (Å²) in [5, 5.41) is 3.88. The molecule has 0 aliphatic heterocycles. The third-order valence-electron chi connectivity index (χ3n) is 5.12. The van der Waals surface area contributed by atoms with Gasteiger partial charge in [-0.2, -0.15) is 0 Å². The lowest BCUT2D eigenvalue weighted by atomic mass is 9.74. The molecule has 110 valence electrons. The van der Waals surface area contributed by atoms with Crippen LogP contribution in [0.5, 0.6) is 5.75 Å².